The van der Waals surface area contributed by atoms with E-state index < -0.39 is 16.1 Å². The van der Waals surface area contributed by atoms with Gasteiger partial charge in [-0.05, 0) is 35.7 Å². The predicted molar refractivity (Wildman–Crippen MR) is 88.2 cm³/mol. The first-order valence-corrected chi connectivity index (χ1v) is 8.86. The van der Waals surface area contributed by atoms with Crippen LogP contribution in [0.15, 0.2) is 48.5 Å². The average Bonchev–Trinajstić information content (AvgIpc) is 2.48. The van der Waals surface area contributed by atoms with Gasteiger partial charge < -0.3 is 5.11 Å². The molecule has 0 radical (unpaired) electrons. The maximum atomic E-state index is 12.1. The molecule has 0 bridgehead atoms. The second kappa shape index (κ2) is 7.24. The van der Waals surface area contributed by atoms with Crippen molar-refractivity contribution in [2.24, 2.45) is 0 Å². The highest BCUT2D eigenvalue weighted by Gasteiger charge is 2.16. The summed E-state index contributed by atoms with van der Waals surface area (Å²) in [5, 5.41) is 10.6. The van der Waals surface area contributed by atoms with Crippen molar-refractivity contribution >= 4 is 21.6 Å². The molecule has 2 rings (SSSR count). The molecular formula is C16H18ClNO3S. The second-order valence-corrected chi connectivity index (χ2v) is 7.34. The van der Waals surface area contributed by atoms with Gasteiger partial charge in [0.1, 0.15) is 0 Å². The largest absolute Gasteiger partial charge is 0.387 e. The zero-order chi connectivity index (χ0) is 16.2. The molecule has 0 spiro atoms. The van der Waals surface area contributed by atoms with Crippen molar-refractivity contribution in [1.29, 1.82) is 0 Å². The average molecular weight is 340 g/mol. The summed E-state index contributed by atoms with van der Waals surface area (Å²) in [6.07, 6.45) is -0.913. The van der Waals surface area contributed by atoms with Crippen molar-refractivity contribution in [3.63, 3.8) is 0 Å². The normalized spacial score (nSPS) is 13.0. The molecule has 2 aromatic rings. The third-order valence-electron chi connectivity index (χ3n) is 3.36. The fraction of sp³-hybridized carbons (Fsp3) is 0.250. The summed E-state index contributed by atoms with van der Waals surface area (Å²) >= 11 is 5.78. The molecule has 0 saturated heterocycles. The molecule has 118 valence electrons. The summed E-state index contributed by atoms with van der Waals surface area (Å²) in [5.74, 6) is -0.104. The molecule has 2 N–H and O–H groups in total. The monoisotopic (exact) mass is 339 g/mol. The summed E-state index contributed by atoms with van der Waals surface area (Å²) in [6, 6.07) is 14.0. The molecule has 1 unspecified atom stereocenters. The van der Waals surface area contributed by atoms with E-state index in [1.807, 2.05) is 19.1 Å². The Hall–Kier alpha value is -1.40. The second-order valence-electron chi connectivity index (χ2n) is 5.10. The molecule has 1 atom stereocenters. The summed E-state index contributed by atoms with van der Waals surface area (Å²) in [4.78, 5) is 0. The van der Waals surface area contributed by atoms with E-state index in [2.05, 4.69) is 4.72 Å². The van der Waals surface area contributed by atoms with Crippen LogP contribution in [0.1, 0.15) is 22.8 Å². The summed E-state index contributed by atoms with van der Waals surface area (Å²) in [7, 11) is -3.50. The highest BCUT2D eigenvalue weighted by Crippen LogP contribution is 2.16. The molecule has 0 fully saturated rings. The van der Waals surface area contributed by atoms with Gasteiger partial charge >= 0.3 is 0 Å². The fourth-order valence-corrected chi connectivity index (χ4v) is 3.41. The third-order valence-corrected chi connectivity index (χ3v) is 4.91. The van der Waals surface area contributed by atoms with E-state index in [0.717, 1.165) is 11.1 Å². The highest BCUT2D eigenvalue weighted by molar-refractivity contribution is 7.88. The Kier molecular flexibility index (Phi) is 5.58. The minimum Gasteiger partial charge on any atom is -0.387 e. The van der Waals surface area contributed by atoms with E-state index >= 15 is 0 Å². The fourth-order valence-electron chi connectivity index (χ4n) is 2.04. The third kappa shape index (κ3) is 4.81. The van der Waals surface area contributed by atoms with Gasteiger partial charge in [0.2, 0.25) is 10.0 Å². The summed E-state index contributed by atoms with van der Waals surface area (Å²) in [6.45, 7) is 1.79. The molecule has 22 heavy (non-hydrogen) atoms. The first kappa shape index (κ1) is 17.0. The number of hydrogen-bond donors (Lipinski definition) is 2. The van der Waals surface area contributed by atoms with Crippen molar-refractivity contribution in [2.75, 3.05) is 6.54 Å². The van der Waals surface area contributed by atoms with Crippen LogP contribution in [-0.2, 0) is 15.8 Å². The molecule has 0 aliphatic heterocycles. The number of aliphatic hydroxyl groups excluding tert-OH is 1. The minimum absolute atomic E-state index is 0.0736. The van der Waals surface area contributed by atoms with Crippen molar-refractivity contribution in [3.8, 4) is 0 Å². The van der Waals surface area contributed by atoms with E-state index in [1.165, 1.54) is 0 Å². The van der Waals surface area contributed by atoms with Crippen molar-refractivity contribution in [1.82, 2.24) is 4.72 Å². The lowest BCUT2D eigenvalue weighted by Crippen LogP contribution is -2.29. The molecule has 2 aromatic carbocycles. The van der Waals surface area contributed by atoms with Crippen LogP contribution in [-0.4, -0.2) is 20.1 Å². The van der Waals surface area contributed by atoms with Gasteiger partial charge in [-0.2, -0.15) is 0 Å². The Labute approximate surface area is 135 Å². The minimum atomic E-state index is -3.50. The number of hydrogen-bond acceptors (Lipinski definition) is 3. The van der Waals surface area contributed by atoms with E-state index in [4.69, 9.17) is 11.6 Å². The number of benzene rings is 2. The Balaban J connectivity index is 1.98. The van der Waals surface area contributed by atoms with E-state index in [-0.39, 0.29) is 12.3 Å². The molecule has 0 aliphatic carbocycles. The molecule has 0 heterocycles. The Morgan fingerprint density at radius 1 is 1.14 bits per heavy atom. The number of sulfonamides is 1. The molecule has 0 saturated carbocycles. The maximum absolute atomic E-state index is 12.1. The van der Waals surface area contributed by atoms with Crippen LogP contribution < -0.4 is 4.72 Å². The molecule has 4 nitrogen and oxygen atoms in total. The lowest BCUT2D eigenvalue weighted by Gasteiger charge is -2.13. The molecule has 0 aliphatic rings. The quantitative estimate of drug-likeness (QED) is 0.850. The van der Waals surface area contributed by atoms with Gasteiger partial charge in [0, 0.05) is 11.6 Å². The van der Waals surface area contributed by atoms with Crippen LogP contribution in [0.5, 0.6) is 0 Å². The topological polar surface area (TPSA) is 66.4 Å². The lowest BCUT2D eigenvalue weighted by atomic mass is 10.1. The van der Waals surface area contributed by atoms with E-state index in [1.54, 1.807) is 36.4 Å². The SMILES string of the molecule is Cc1ccccc1CS(=O)(=O)NCC(O)c1ccc(Cl)cc1. The van der Waals surface area contributed by atoms with Gasteiger partial charge in [-0.15, -0.1) is 0 Å². The standard InChI is InChI=1S/C16H18ClNO3S/c1-12-4-2-3-5-14(12)11-22(20,21)18-10-16(19)13-6-8-15(17)9-7-13/h2-9,16,18-19H,10-11H2,1H3. The van der Waals surface area contributed by atoms with Crippen molar-refractivity contribution in [3.05, 3.63) is 70.2 Å². The predicted octanol–water partition coefficient (Wildman–Crippen LogP) is 2.80. The zero-order valence-electron chi connectivity index (χ0n) is 12.2. The van der Waals surface area contributed by atoms with Gasteiger partial charge in [0.25, 0.3) is 0 Å². The van der Waals surface area contributed by atoms with E-state index in [9.17, 15) is 13.5 Å². The number of aryl methyl sites for hydroxylation is 1. The van der Waals surface area contributed by atoms with Crippen LogP contribution >= 0.6 is 11.6 Å². The van der Waals surface area contributed by atoms with Gasteiger partial charge in [-0.1, -0.05) is 48.0 Å². The first-order chi connectivity index (χ1) is 10.4. The van der Waals surface area contributed by atoms with Crippen LogP contribution in [0.4, 0.5) is 0 Å². The Morgan fingerprint density at radius 2 is 1.77 bits per heavy atom. The number of aliphatic hydroxyl groups is 1. The van der Waals surface area contributed by atoms with E-state index in [0.29, 0.717) is 10.6 Å². The van der Waals surface area contributed by atoms with Crippen molar-refractivity contribution < 1.29 is 13.5 Å². The first-order valence-electron chi connectivity index (χ1n) is 6.83. The van der Waals surface area contributed by atoms with Gasteiger partial charge in [0.05, 0.1) is 11.9 Å². The highest BCUT2D eigenvalue weighted by atomic mass is 35.5. The van der Waals surface area contributed by atoms with Crippen LogP contribution in [0.2, 0.25) is 5.02 Å². The zero-order valence-corrected chi connectivity index (χ0v) is 13.7. The molecule has 6 heteroatoms. The number of rotatable bonds is 6. The molecule has 0 amide bonds. The Morgan fingerprint density at radius 3 is 2.41 bits per heavy atom. The summed E-state index contributed by atoms with van der Waals surface area (Å²) in [5.41, 5.74) is 2.28. The van der Waals surface area contributed by atoms with Crippen LogP contribution in [0.25, 0.3) is 0 Å². The van der Waals surface area contributed by atoms with Gasteiger partial charge in [-0.3, -0.25) is 0 Å². The number of halogens is 1. The van der Waals surface area contributed by atoms with Crippen molar-refractivity contribution in [2.45, 2.75) is 18.8 Å². The lowest BCUT2D eigenvalue weighted by molar-refractivity contribution is 0.182. The molecule has 0 aromatic heterocycles. The summed E-state index contributed by atoms with van der Waals surface area (Å²) < 4.78 is 26.6. The van der Waals surface area contributed by atoms with Gasteiger partial charge in [-0.25, -0.2) is 13.1 Å². The molecular weight excluding hydrogens is 322 g/mol. The smallest absolute Gasteiger partial charge is 0.215 e. The Bertz CT molecular complexity index is 729. The maximum Gasteiger partial charge on any atom is 0.215 e. The van der Waals surface area contributed by atoms with Crippen LogP contribution in [0.3, 0.4) is 0 Å². The van der Waals surface area contributed by atoms with Gasteiger partial charge in [0.15, 0.2) is 0 Å². The number of nitrogens with one attached hydrogen (secondary N) is 1. The van der Waals surface area contributed by atoms with Crippen LogP contribution in [0, 0.1) is 6.92 Å².